The minimum atomic E-state index is -0.580. The first-order valence-electron chi connectivity index (χ1n) is 7.96. The van der Waals surface area contributed by atoms with Gasteiger partial charge < -0.3 is 15.2 Å². The third-order valence-electron chi connectivity index (χ3n) is 4.04. The summed E-state index contributed by atoms with van der Waals surface area (Å²) in [7, 11) is 0. The van der Waals surface area contributed by atoms with Crippen LogP contribution in [0.3, 0.4) is 0 Å². The van der Waals surface area contributed by atoms with Crippen LogP contribution in [0.15, 0.2) is 47.1 Å². The molecule has 2 rings (SSSR count). The van der Waals surface area contributed by atoms with Gasteiger partial charge >= 0.3 is 5.97 Å². The highest BCUT2D eigenvalue weighted by Gasteiger charge is 2.36. The average Bonchev–Trinajstić information content (AvgIpc) is 2.54. The SMILES string of the molecule is CCOC(=O)C1=C(C)OC(N)=C(C#N)[C@@H]1c1ccc(C(C)C)cc1. The first-order chi connectivity index (χ1) is 11.4. The van der Waals surface area contributed by atoms with Crippen LogP contribution in [0.1, 0.15) is 50.7 Å². The zero-order valence-electron chi connectivity index (χ0n) is 14.4. The van der Waals surface area contributed by atoms with Crippen molar-refractivity contribution >= 4 is 5.97 Å². The van der Waals surface area contributed by atoms with Gasteiger partial charge in [-0.3, -0.25) is 0 Å². The van der Waals surface area contributed by atoms with Crippen LogP contribution < -0.4 is 5.73 Å². The second-order valence-corrected chi connectivity index (χ2v) is 5.94. The molecule has 0 spiro atoms. The number of rotatable bonds is 4. The minimum Gasteiger partial charge on any atom is -0.463 e. The molecule has 5 heteroatoms. The van der Waals surface area contributed by atoms with Gasteiger partial charge in [-0.05, 0) is 30.9 Å². The molecule has 0 radical (unpaired) electrons. The number of carbonyl (C=O) groups is 1. The van der Waals surface area contributed by atoms with E-state index in [4.69, 9.17) is 15.2 Å². The number of hydrogen-bond donors (Lipinski definition) is 1. The predicted octanol–water partition coefficient (Wildman–Crippen LogP) is 3.45. The van der Waals surface area contributed by atoms with Gasteiger partial charge in [0.05, 0.1) is 18.1 Å². The van der Waals surface area contributed by atoms with Crippen molar-refractivity contribution in [3.05, 3.63) is 58.2 Å². The van der Waals surface area contributed by atoms with E-state index in [9.17, 15) is 10.1 Å². The molecular formula is C19H22N2O3. The van der Waals surface area contributed by atoms with E-state index >= 15 is 0 Å². The average molecular weight is 326 g/mol. The summed E-state index contributed by atoms with van der Waals surface area (Å²) in [6.07, 6.45) is 0. The Labute approximate surface area is 142 Å². The van der Waals surface area contributed by atoms with Crippen molar-refractivity contribution in [3.8, 4) is 6.07 Å². The van der Waals surface area contributed by atoms with Crippen LogP contribution in [0.25, 0.3) is 0 Å². The lowest BCUT2D eigenvalue weighted by molar-refractivity contribution is -0.139. The van der Waals surface area contributed by atoms with Gasteiger partial charge in [0.25, 0.3) is 0 Å². The van der Waals surface area contributed by atoms with Crippen LogP contribution in [-0.4, -0.2) is 12.6 Å². The van der Waals surface area contributed by atoms with Crippen molar-refractivity contribution in [3.63, 3.8) is 0 Å². The van der Waals surface area contributed by atoms with Crippen molar-refractivity contribution in [2.75, 3.05) is 6.61 Å². The molecule has 0 fully saturated rings. The molecule has 24 heavy (non-hydrogen) atoms. The summed E-state index contributed by atoms with van der Waals surface area (Å²) in [5.74, 6) is -0.285. The van der Waals surface area contributed by atoms with Crippen LogP contribution in [0, 0.1) is 11.3 Å². The number of nitrogens with zero attached hydrogens (tertiary/aromatic N) is 1. The number of allylic oxidation sites excluding steroid dienone is 2. The number of ether oxygens (including phenoxy) is 2. The monoisotopic (exact) mass is 326 g/mol. The van der Waals surface area contributed by atoms with Crippen molar-refractivity contribution < 1.29 is 14.3 Å². The normalized spacial score (nSPS) is 17.6. The maximum atomic E-state index is 12.4. The van der Waals surface area contributed by atoms with E-state index in [1.807, 2.05) is 24.3 Å². The summed E-state index contributed by atoms with van der Waals surface area (Å²) in [5, 5.41) is 9.51. The van der Waals surface area contributed by atoms with Crippen LogP contribution in [0.5, 0.6) is 0 Å². The third kappa shape index (κ3) is 3.28. The highest BCUT2D eigenvalue weighted by Crippen LogP contribution is 2.39. The quantitative estimate of drug-likeness (QED) is 0.856. The number of carbonyl (C=O) groups excluding carboxylic acids is 1. The van der Waals surface area contributed by atoms with Gasteiger partial charge in [0.2, 0.25) is 5.88 Å². The summed E-state index contributed by atoms with van der Waals surface area (Å²) in [6, 6.07) is 9.91. The first kappa shape index (κ1) is 17.6. The van der Waals surface area contributed by atoms with E-state index in [0.717, 1.165) is 5.56 Å². The Kier molecular flexibility index (Phi) is 5.30. The van der Waals surface area contributed by atoms with Gasteiger partial charge in [-0.2, -0.15) is 5.26 Å². The van der Waals surface area contributed by atoms with E-state index in [-0.39, 0.29) is 18.1 Å². The molecule has 1 aromatic rings. The zero-order valence-corrected chi connectivity index (χ0v) is 14.4. The fourth-order valence-electron chi connectivity index (χ4n) is 2.76. The number of benzene rings is 1. The fourth-order valence-corrected chi connectivity index (χ4v) is 2.76. The molecule has 1 heterocycles. The lowest BCUT2D eigenvalue weighted by atomic mass is 9.82. The third-order valence-corrected chi connectivity index (χ3v) is 4.04. The number of nitriles is 1. The van der Waals surface area contributed by atoms with E-state index < -0.39 is 11.9 Å². The van der Waals surface area contributed by atoms with Gasteiger partial charge in [0.15, 0.2) is 0 Å². The Balaban J connectivity index is 2.55. The smallest absolute Gasteiger partial charge is 0.338 e. The van der Waals surface area contributed by atoms with Crippen molar-refractivity contribution in [1.82, 2.24) is 0 Å². The molecule has 0 saturated carbocycles. The van der Waals surface area contributed by atoms with Gasteiger partial charge in [-0.15, -0.1) is 0 Å². The van der Waals surface area contributed by atoms with Crippen molar-refractivity contribution in [2.24, 2.45) is 5.73 Å². The fraction of sp³-hybridized carbons (Fsp3) is 0.368. The molecule has 126 valence electrons. The predicted molar refractivity (Wildman–Crippen MR) is 90.5 cm³/mol. The molecular weight excluding hydrogens is 304 g/mol. The Morgan fingerprint density at radius 3 is 2.50 bits per heavy atom. The second kappa shape index (κ2) is 7.22. The van der Waals surface area contributed by atoms with Crippen LogP contribution in [0.4, 0.5) is 0 Å². The summed E-state index contributed by atoms with van der Waals surface area (Å²) in [6.45, 7) is 7.85. The minimum absolute atomic E-state index is 0.0287. The van der Waals surface area contributed by atoms with Gasteiger partial charge in [-0.25, -0.2) is 4.79 Å². The molecule has 0 aromatic heterocycles. The van der Waals surface area contributed by atoms with Crippen molar-refractivity contribution in [1.29, 1.82) is 5.26 Å². The van der Waals surface area contributed by atoms with E-state index in [1.165, 1.54) is 5.56 Å². The standard InChI is InChI=1S/C19H22N2O3/c1-5-23-19(22)16-12(4)24-18(21)15(10-20)17(16)14-8-6-13(7-9-14)11(2)3/h6-9,11,17H,5,21H2,1-4H3/t17-/m0/s1. The lowest BCUT2D eigenvalue weighted by Gasteiger charge is -2.27. The molecule has 5 nitrogen and oxygen atoms in total. The molecule has 0 unspecified atom stereocenters. The summed E-state index contributed by atoms with van der Waals surface area (Å²) >= 11 is 0. The molecule has 2 N–H and O–H groups in total. The number of hydrogen-bond acceptors (Lipinski definition) is 5. The molecule has 1 aromatic carbocycles. The lowest BCUT2D eigenvalue weighted by Crippen LogP contribution is -2.25. The maximum absolute atomic E-state index is 12.4. The van der Waals surface area contributed by atoms with E-state index in [2.05, 4.69) is 19.9 Å². The molecule has 0 aliphatic carbocycles. The number of esters is 1. The molecule has 0 bridgehead atoms. The molecule has 1 aliphatic rings. The Bertz CT molecular complexity index is 737. The Morgan fingerprint density at radius 2 is 2.00 bits per heavy atom. The van der Waals surface area contributed by atoms with E-state index in [1.54, 1.807) is 13.8 Å². The van der Waals surface area contributed by atoms with E-state index in [0.29, 0.717) is 17.3 Å². The largest absolute Gasteiger partial charge is 0.463 e. The topological polar surface area (TPSA) is 85.3 Å². The summed E-state index contributed by atoms with van der Waals surface area (Å²) in [4.78, 5) is 12.4. The molecule has 1 atom stereocenters. The molecule has 0 amide bonds. The maximum Gasteiger partial charge on any atom is 0.338 e. The van der Waals surface area contributed by atoms with Crippen LogP contribution in [-0.2, 0) is 14.3 Å². The Hall–Kier alpha value is -2.74. The summed E-state index contributed by atoms with van der Waals surface area (Å²) in [5.41, 5.74) is 8.40. The highest BCUT2D eigenvalue weighted by atomic mass is 16.5. The van der Waals surface area contributed by atoms with Gasteiger partial charge in [0.1, 0.15) is 17.4 Å². The molecule has 0 saturated heterocycles. The first-order valence-corrected chi connectivity index (χ1v) is 7.96. The Morgan fingerprint density at radius 1 is 1.38 bits per heavy atom. The van der Waals surface area contributed by atoms with Gasteiger partial charge in [-0.1, -0.05) is 38.1 Å². The summed E-state index contributed by atoms with van der Waals surface area (Å²) < 4.78 is 10.5. The second-order valence-electron chi connectivity index (χ2n) is 5.94. The van der Waals surface area contributed by atoms with Gasteiger partial charge in [0, 0.05) is 0 Å². The number of nitrogens with two attached hydrogens (primary N) is 1. The zero-order chi connectivity index (χ0) is 17.9. The molecule has 1 aliphatic heterocycles. The van der Waals surface area contributed by atoms with Crippen LogP contribution >= 0.6 is 0 Å². The highest BCUT2D eigenvalue weighted by molar-refractivity contribution is 5.92. The van der Waals surface area contributed by atoms with Crippen molar-refractivity contribution in [2.45, 2.75) is 39.5 Å². The van der Waals surface area contributed by atoms with Crippen LogP contribution in [0.2, 0.25) is 0 Å².